The molecule has 2 aliphatic rings. The number of fused-ring (bicyclic) bond motifs is 9. The van der Waals surface area contributed by atoms with Crippen LogP contribution in [-0.4, -0.2) is 0 Å². The van der Waals surface area contributed by atoms with Crippen LogP contribution in [-0.2, 0) is 10.8 Å². The molecular formula is C50H38. The summed E-state index contributed by atoms with van der Waals surface area (Å²) in [5.74, 6) is 0. The van der Waals surface area contributed by atoms with Crippen molar-refractivity contribution in [2.24, 2.45) is 0 Å². The van der Waals surface area contributed by atoms with Gasteiger partial charge in [0.15, 0.2) is 0 Å². The minimum Gasteiger partial charge on any atom is -0.0622 e. The summed E-state index contributed by atoms with van der Waals surface area (Å²) in [6.45, 7) is 9.72. The van der Waals surface area contributed by atoms with Gasteiger partial charge in [-0.1, -0.05) is 173 Å². The quantitative estimate of drug-likeness (QED) is 0.169. The molecule has 10 rings (SSSR count). The predicted octanol–water partition coefficient (Wildman–Crippen LogP) is 13.6. The summed E-state index contributed by atoms with van der Waals surface area (Å²) in [6.07, 6.45) is 0. The topological polar surface area (TPSA) is 0 Å². The van der Waals surface area contributed by atoms with Gasteiger partial charge in [0, 0.05) is 10.8 Å². The lowest BCUT2D eigenvalue weighted by molar-refractivity contribution is 0.601. The Morgan fingerprint density at radius 1 is 0.300 bits per heavy atom. The molecule has 0 fully saturated rings. The smallest absolute Gasteiger partial charge is 0.0162 e. The average Bonchev–Trinajstić information content (AvgIpc) is 3.53. The van der Waals surface area contributed by atoms with E-state index in [0.717, 1.165) is 0 Å². The molecule has 0 radical (unpaired) electrons. The zero-order valence-electron chi connectivity index (χ0n) is 29.0. The molecule has 0 aromatic heterocycles. The van der Waals surface area contributed by atoms with Crippen molar-refractivity contribution in [1.29, 1.82) is 0 Å². The highest BCUT2D eigenvalue weighted by Crippen LogP contribution is 2.61. The van der Waals surface area contributed by atoms with Crippen molar-refractivity contribution >= 4 is 21.5 Å². The van der Waals surface area contributed by atoms with Gasteiger partial charge < -0.3 is 0 Å². The van der Waals surface area contributed by atoms with Crippen LogP contribution in [0.15, 0.2) is 158 Å². The van der Waals surface area contributed by atoms with Gasteiger partial charge in [0.2, 0.25) is 0 Å². The number of hydrogen-bond donors (Lipinski definition) is 0. The average molecular weight is 639 g/mol. The maximum atomic E-state index is 2.52. The van der Waals surface area contributed by atoms with Gasteiger partial charge in [0.25, 0.3) is 0 Å². The summed E-state index contributed by atoms with van der Waals surface area (Å²) in [7, 11) is 0. The van der Waals surface area contributed by atoms with Gasteiger partial charge in [-0.2, -0.15) is 0 Å². The largest absolute Gasteiger partial charge is 0.0622 e. The van der Waals surface area contributed by atoms with Crippen LogP contribution in [0, 0.1) is 0 Å². The Morgan fingerprint density at radius 2 is 0.760 bits per heavy atom. The molecule has 0 bridgehead atoms. The Bertz CT molecular complexity index is 2630. The fraction of sp³-hybridized carbons (Fsp3) is 0.120. The van der Waals surface area contributed by atoms with Crippen LogP contribution in [0.5, 0.6) is 0 Å². The second kappa shape index (κ2) is 10.4. The first-order valence-electron chi connectivity index (χ1n) is 17.9. The highest BCUT2D eigenvalue weighted by Gasteiger charge is 2.46. The van der Waals surface area contributed by atoms with Gasteiger partial charge in [0.05, 0.1) is 0 Å². The van der Waals surface area contributed by atoms with Crippen molar-refractivity contribution in [2.45, 2.75) is 38.5 Å². The second-order valence-electron chi connectivity index (χ2n) is 15.2. The van der Waals surface area contributed by atoms with Gasteiger partial charge in [-0.05, 0) is 112 Å². The standard InChI is InChI=1S/C50H38/c1-49(2)42-27-14-12-21-34(42)41-30-40(46-39-26-13-15-28-43(39)50(3,4)48(46)47(41)49)32-19-16-20-33(29-32)45-37-24-10-8-22-35(37)44(31-17-6-5-7-18-31)36-23-9-11-25-38(36)45/h5-30H,1-4H3. The molecule has 0 nitrogen and oxygen atoms in total. The van der Waals surface area contributed by atoms with Crippen molar-refractivity contribution in [3.8, 4) is 55.6 Å². The van der Waals surface area contributed by atoms with Crippen molar-refractivity contribution < 1.29 is 0 Å². The van der Waals surface area contributed by atoms with Gasteiger partial charge in [0.1, 0.15) is 0 Å². The second-order valence-corrected chi connectivity index (χ2v) is 15.2. The Labute approximate surface area is 294 Å². The molecule has 238 valence electrons. The third-order valence-electron chi connectivity index (χ3n) is 11.8. The van der Waals surface area contributed by atoms with Crippen molar-refractivity contribution in [1.82, 2.24) is 0 Å². The number of hydrogen-bond acceptors (Lipinski definition) is 0. The zero-order chi connectivity index (χ0) is 33.8. The van der Waals surface area contributed by atoms with Crippen molar-refractivity contribution in [3.63, 3.8) is 0 Å². The van der Waals surface area contributed by atoms with E-state index in [1.165, 1.54) is 99.4 Å². The molecule has 8 aromatic carbocycles. The molecular weight excluding hydrogens is 601 g/mol. The molecule has 0 heterocycles. The van der Waals surface area contributed by atoms with E-state index in [1.807, 2.05) is 0 Å². The van der Waals surface area contributed by atoms with Crippen molar-refractivity contribution in [2.75, 3.05) is 0 Å². The Balaban J connectivity index is 1.28. The SMILES string of the molecule is CC1(C)c2ccccc2-c2cc(-c3cccc(-c4c5ccccc5c(-c5ccccc5)c5ccccc45)c3)c3c(c21)C(C)(C)c1ccccc1-3. The first-order chi connectivity index (χ1) is 24.4. The van der Waals surface area contributed by atoms with E-state index in [4.69, 9.17) is 0 Å². The molecule has 0 atom stereocenters. The van der Waals surface area contributed by atoms with Gasteiger partial charge in [-0.25, -0.2) is 0 Å². The van der Waals surface area contributed by atoms with E-state index in [9.17, 15) is 0 Å². The van der Waals surface area contributed by atoms with E-state index in [0.29, 0.717) is 0 Å². The summed E-state index contributed by atoms with van der Waals surface area (Å²) in [6, 6.07) is 58.9. The lowest BCUT2D eigenvalue weighted by Gasteiger charge is -2.31. The van der Waals surface area contributed by atoms with Gasteiger partial charge in [-0.15, -0.1) is 0 Å². The van der Waals surface area contributed by atoms with E-state index >= 15 is 0 Å². The van der Waals surface area contributed by atoms with Crippen LogP contribution in [0.1, 0.15) is 49.9 Å². The fourth-order valence-corrected chi connectivity index (χ4v) is 9.65. The Hall–Kier alpha value is -5.72. The minimum atomic E-state index is -0.122. The van der Waals surface area contributed by atoms with E-state index in [1.54, 1.807) is 0 Å². The maximum absolute atomic E-state index is 2.52. The molecule has 8 aromatic rings. The molecule has 50 heavy (non-hydrogen) atoms. The number of benzene rings is 8. The fourth-order valence-electron chi connectivity index (χ4n) is 9.65. The summed E-state index contributed by atoms with van der Waals surface area (Å²) < 4.78 is 0. The van der Waals surface area contributed by atoms with Crippen molar-refractivity contribution in [3.05, 3.63) is 180 Å². The van der Waals surface area contributed by atoms with Gasteiger partial charge in [-0.3, -0.25) is 0 Å². The predicted molar refractivity (Wildman–Crippen MR) is 213 cm³/mol. The molecule has 0 amide bonds. The monoisotopic (exact) mass is 638 g/mol. The minimum absolute atomic E-state index is 0.0893. The summed E-state index contributed by atoms with van der Waals surface area (Å²) in [5, 5.41) is 5.13. The lowest BCUT2D eigenvalue weighted by Crippen LogP contribution is -2.24. The number of rotatable bonds is 3. The van der Waals surface area contributed by atoms with Crippen LogP contribution in [0.2, 0.25) is 0 Å². The molecule has 2 aliphatic carbocycles. The van der Waals surface area contributed by atoms with Crippen LogP contribution >= 0.6 is 0 Å². The van der Waals surface area contributed by atoms with Gasteiger partial charge >= 0.3 is 0 Å². The molecule has 0 saturated heterocycles. The molecule has 0 saturated carbocycles. The van der Waals surface area contributed by atoms with Crippen LogP contribution in [0.3, 0.4) is 0 Å². The third kappa shape index (κ3) is 3.88. The third-order valence-corrected chi connectivity index (χ3v) is 11.8. The Morgan fingerprint density at radius 3 is 1.40 bits per heavy atom. The Kier molecular flexibility index (Phi) is 6.07. The van der Waals surface area contributed by atoms with Crippen LogP contribution < -0.4 is 0 Å². The van der Waals surface area contributed by atoms with E-state index in [-0.39, 0.29) is 10.8 Å². The van der Waals surface area contributed by atoms with E-state index < -0.39 is 0 Å². The first kappa shape index (κ1) is 29.2. The van der Waals surface area contributed by atoms with Crippen LogP contribution in [0.25, 0.3) is 77.2 Å². The van der Waals surface area contributed by atoms with Crippen LogP contribution in [0.4, 0.5) is 0 Å². The lowest BCUT2D eigenvalue weighted by atomic mass is 9.71. The summed E-state index contributed by atoms with van der Waals surface area (Å²) >= 11 is 0. The first-order valence-corrected chi connectivity index (χ1v) is 17.9. The molecule has 0 aliphatic heterocycles. The molecule has 0 spiro atoms. The molecule has 0 N–H and O–H groups in total. The maximum Gasteiger partial charge on any atom is 0.0162 e. The molecule has 0 heteroatoms. The molecule has 0 unspecified atom stereocenters. The summed E-state index contributed by atoms with van der Waals surface area (Å²) in [4.78, 5) is 0. The summed E-state index contributed by atoms with van der Waals surface area (Å²) in [5.41, 5.74) is 18.8. The zero-order valence-corrected chi connectivity index (χ0v) is 29.0. The normalized spacial score (nSPS) is 14.7. The highest BCUT2D eigenvalue weighted by molar-refractivity contribution is 6.21. The highest BCUT2D eigenvalue weighted by atomic mass is 14.5. The van der Waals surface area contributed by atoms with E-state index in [2.05, 4.69) is 185 Å².